The third-order valence-electron chi connectivity index (χ3n) is 8.34. The number of furan rings is 1. The topological polar surface area (TPSA) is 63.8 Å². The molecular weight excluding hydrogens is 528 g/mol. The molecule has 0 fully saturated rings. The van der Waals surface area contributed by atoms with Crippen LogP contribution in [0.5, 0.6) is 0 Å². The van der Waals surface area contributed by atoms with Gasteiger partial charge in [0, 0.05) is 34.0 Å². The molecule has 5 heteroatoms. The molecule has 202 valence electrons. The molecule has 9 rings (SSSR count). The van der Waals surface area contributed by atoms with Gasteiger partial charge in [-0.15, -0.1) is 0 Å². The molecule has 0 atom stereocenters. The first-order chi connectivity index (χ1) is 21.3. The first kappa shape index (κ1) is 23.9. The second kappa shape index (κ2) is 9.36. The number of aromatic nitrogens is 3. The Kier molecular flexibility index (Phi) is 5.19. The Balaban J connectivity index is 1.28. The number of rotatable bonds is 3. The van der Waals surface area contributed by atoms with Crippen molar-refractivity contribution >= 4 is 49.6 Å². The van der Waals surface area contributed by atoms with E-state index in [1.54, 1.807) is 0 Å². The first-order valence-corrected chi connectivity index (χ1v) is 14.4. The SMILES string of the molecule is C1=Cc2cc3oc4cccc(-c5nc(-c6ccccc6)nc(-c6ccc7c(ccc8ccccc87)c6)n5)c4c3cc2CN1. The van der Waals surface area contributed by atoms with Gasteiger partial charge in [0.1, 0.15) is 11.2 Å². The summed E-state index contributed by atoms with van der Waals surface area (Å²) in [6.45, 7) is 0.780. The van der Waals surface area contributed by atoms with E-state index < -0.39 is 0 Å². The van der Waals surface area contributed by atoms with E-state index in [1.807, 2.05) is 48.7 Å². The molecule has 0 bridgehead atoms. The van der Waals surface area contributed by atoms with Crippen LogP contribution in [0.1, 0.15) is 11.1 Å². The van der Waals surface area contributed by atoms with E-state index in [1.165, 1.54) is 27.3 Å². The van der Waals surface area contributed by atoms with Crippen LogP contribution in [0.3, 0.4) is 0 Å². The Morgan fingerprint density at radius 1 is 0.558 bits per heavy atom. The second-order valence-corrected chi connectivity index (χ2v) is 10.9. The van der Waals surface area contributed by atoms with Crippen LogP contribution < -0.4 is 5.32 Å². The lowest BCUT2D eigenvalue weighted by molar-refractivity contribution is 0.668. The van der Waals surface area contributed by atoms with E-state index in [2.05, 4.69) is 84.2 Å². The zero-order valence-electron chi connectivity index (χ0n) is 23.1. The van der Waals surface area contributed by atoms with Gasteiger partial charge in [-0.25, -0.2) is 15.0 Å². The number of fused-ring (bicyclic) bond motifs is 7. The molecule has 6 aromatic carbocycles. The summed E-state index contributed by atoms with van der Waals surface area (Å²) in [6.07, 6.45) is 4.07. The van der Waals surface area contributed by atoms with Crippen molar-refractivity contribution < 1.29 is 4.42 Å². The predicted octanol–water partition coefficient (Wildman–Crippen LogP) is 9.15. The molecule has 3 heterocycles. The molecular formula is C38H24N4O. The molecule has 0 amide bonds. The lowest BCUT2D eigenvalue weighted by atomic mass is 9.99. The summed E-state index contributed by atoms with van der Waals surface area (Å²) in [5, 5.41) is 10.2. The minimum absolute atomic E-state index is 0.617. The summed E-state index contributed by atoms with van der Waals surface area (Å²) in [4.78, 5) is 15.1. The van der Waals surface area contributed by atoms with E-state index in [0.29, 0.717) is 17.5 Å². The zero-order valence-corrected chi connectivity index (χ0v) is 23.1. The van der Waals surface area contributed by atoms with Crippen LogP contribution in [0.25, 0.3) is 83.7 Å². The van der Waals surface area contributed by atoms with Crippen LogP contribution >= 0.6 is 0 Å². The smallest absolute Gasteiger partial charge is 0.164 e. The highest BCUT2D eigenvalue weighted by Crippen LogP contribution is 2.38. The Bertz CT molecular complexity index is 2410. The minimum Gasteiger partial charge on any atom is -0.456 e. The molecule has 5 nitrogen and oxygen atoms in total. The summed E-state index contributed by atoms with van der Waals surface area (Å²) in [6, 6.07) is 39.8. The van der Waals surface area contributed by atoms with Gasteiger partial charge in [-0.1, -0.05) is 91.0 Å². The third-order valence-corrected chi connectivity index (χ3v) is 8.34. The molecule has 0 radical (unpaired) electrons. The van der Waals surface area contributed by atoms with Crippen molar-refractivity contribution in [3.05, 3.63) is 133 Å². The fraction of sp³-hybridized carbons (Fsp3) is 0.0263. The first-order valence-electron chi connectivity index (χ1n) is 14.4. The van der Waals surface area contributed by atoms with Crippen molar-refractivity contribution in [2.75, 3.05) is 0 Å². The van der Waals surface area contributed by atoms with Gasteiger partial charge in [0.15, 0.2) is 17.5 Å². The van der Waals surface area contributed by atoms with Gasteiger partial charge in [0.2, 0.25) is 0 Å². The van der Waals surface area contributed by atoms with Crippen molar-refractivity contribution in [3.8, 4) is 34.2 Å². The lowest BCUT2D eigenvalue weighted by Gasteiger charge is -2.12. The average Bonchev–Trinajstić information content (AvgIpc) is 3.44. The Hall–Kier alpha value is -5.81. The highest BCUT2D eigenvalue weighted by molar-refractivity contribution is 6.12. The van der Waals surface area contributed by atoms with Crippen LogP contribution in [0.2, 0.25) is 0 Å². The van der Waals surface area contributed by atoms with Gasteiger partial charge in [0.05, 0.1) is 0 Å². The molecule has 0 aliphatic carbocycles. The maximum absolute atomic E-state index is 6.37. The van der Waals surface area contributed by atoms with Gasteiger partial charge in [-0.2, -0.15) is 0 Å². The maximum atomic E-state index is 6.37. The molecule has 2 aromatic heterocycles. The Morgan fingerprint density at radius 2 is 1.35 bits per heavy atom. The van der Waals surface area contributed by atoms with E-state index >= 15 is 0 Å². The Labute approximate surface area is 247 Å². The standard InChI is InChI=1S/C38H24N4O/c1-2-8-24(9-3-1)36-40-37(27-15-16-30-26(19-27)14-13-23-7-4-5-10-29(23)30)42-38(41-36)31-11-6-12-33-35(31)32-20-28-22-39-18-17-25(28)21-34(32)43-33/h1-21,39H,22H2. The number of benzene rings is 6. The van der Waals surface area contributed by atoms with E-state index in [0.717, 1.165) is 50.6 Å². The Morgan fingerprint density at radius 3 is 2.28 bits per heavy atom. The number of hydrogen-bond acceptors (Lipinski definition) is 5. The van der Waals surface area contributed by atoms with Crippen LogP contribution in [-0.4, -0.2) is 15.0 Å². The van der Waals surface area contributed by atoms with Crippen LogP contribution in [0.4, 0.5) is 0 Å². The minimum atomic E-state index is 0.617. The van der Waals surface area contributed by atoms with Crippen molar-refractivity contribution in [2.45, 2.75) is 6.54 Å². The zero-order chi connectivity index (χ0) is 28.3. The molecule has 43 heavy (non-hydrogen) atoms. The van der Waals surface area contributed by atoms with Gasteiger partial charge in [0.25, 0.3) is 0 Å². The summed E-state index contributed by atoms with van der Waals surface area (Å²) >= 11 is 0. The monoisotopic (exact) mass is 552 g/mol. The number of hydrogen-bond donors (Lipinski definition) is 1. The van der Waals surface area contributed by atoms with Gasteiger partial charge < -0.3 is 9.73 Å². The molecule has 0 unspecified atom stereocenters. The molecule has 0 spiro atoms. The molecule has 1 aliphatic rings. The predicted molar refractivity (Wildman–Crippen MR) is 174 cm³/mol. The van der Waals surface area contributed by atoms with Crippen LogP contribution in [-0.2, 0) is 6.54 Å². The molecule has 0 saturated heterocycles. The van der Waals surface area contributed by atoms with E-state index in [9.17, 15) is 0 Å². The highest BCUT2D eigenvalue weighted by atomic mass is 16.3. The number of nitrogens with zero attached hydrogens (tertiary/aromatic N) is 3. The second-order valence-electron chi connectivity index (χ2n) is 10.9. The summed E-state index contributed by atoms with van der Waals surface area (Å²) < 4.78 is 6.37. The fourth-order valence-corrected chi connectivity index (χ4v) is 6.24. The summed E-state index contributed by atoms with van der Waals surface area (Å²) in [7, 11) is 0. The lowest BCUT2D eigenvalue weighted by Crippen LogP contribution is -2.09. The molecule has 0 saturated carbocycles. The summed E-state index contributed by atoms with van der Waals surface area (Å²) in [5.41, 5.74) is 6.88. The fourth-order valence-electron chi connectivity index (χ4n) is 6.24. The van der Waals surface area contributed by atoms with Gasteiger partial charge >= 0.3 is 0 Å². The van der Waals surface area contributed by atoms with Crippen molar-refractivity contribution in [2.24, 2.45) is 0 Å². The van der Waals surface area contributed by atoms with Gasteiger partial charge in [-0.05, 0) is 69.2 Å². The van der Waals surface area contributed by atoms with Gasteiger partial charge in [-0.3, -0.25) is 0 Å². The average molecular weight is 553 g/mol. The summed E-state index contributed by atoms with van der Waals surface area (Å²) in [5.74, 6) is 1.89. The van der Waals surface area contributed by atoms with Crippen LogP contribution in [0, 0.1) is 0 Å². The van der Waals surface area contributed by atoms with Crippen molar-refractivity contribution in [3.63, 3.8) is 0 Å². The maximum Gasteiger partial charge on any atom is 0.164 e. The quantitative estimate of drug-likeness (QED) is 0.221. The molecule has 1 N–H and O–H groups in total. The molecule has 1 aliphatic heterocycles. The molecule has 8 aromatic rings. The van der Waals surface area contributed by atoms with Crippen molar-refractivity contribution in [1.29, 1.82) is 0 Å². The largest absolute Gasteiger partial charge is 0.456 e. The highest BCUT2D eigenvalue weighted by Gasteiger charge is 2.19. The normalized spacial score (nSPS) is 12.7. The van der Waals surface area contributed by atoms with E-state index in [4.69, 9.17) is 19.4 Å². The van der Waals surface area contributed by atoms with E-state index in [-0.39, 0.29) is 0 Å². The number of nitrogens with one attached hydrogen (secondary N) is 1. The van der Waals surface area contributed by atoms with Crippen molar-refractivity contribution in [1.82, 2.24) is 20.3 Å². The third kappa shape index (κ3) is 3.90. The van der Waals surface area contributed by atoms with Crippen LogP contribution in [0.15, 0.2) is 126 Å².